The van der Waals surface area contributed by atoms with Gasteiger partial charge in [-0.05, 0) is 12.8 Å². The third-order valence-electron chi connectivity index (χ3n) is 3.25. The van der Waals surface area contributed by atoms with E-state index < -0.39 is 0 Å². The average Bonchev–Trinajstić information content (AvgIpc) is 2.32. The Morgan fingerprint density at radius 1 is 1.50 bits per heavy atom. The SMILES string of the molecule is CC1CN(c2nc(C(C)C)cc(=O)n2C)CCO1. The monoisotopic (exact) mass is 251 g/mol. The van der Waals surface area contributed by atoms with Gasteiger partial charge in [0.05, 0.1) is 18.4 Å². The highest BCUT2D eigenvalue weighted by Gasteiger charge is 2.21. The van der Waals surface area contributed by atoms with Crippen molar-refractivity contribution < 1.29 is 4.74 Å². The molecule has 1 fully saturated rings. The Labute approximate surface area is 107 Å². The molecule has 1 aliphatic rings. The third-order valence-corrected chi connectivity index (χ3v) is 3.25. The fourth-order valence-corrected chi connectivity index (χ4v) is 2.12. The normalized spacial score (nSPS) is 20.5. The molecule has 1 aliphatic heterocycles. The Hall–Kier alpha value is -1.36. The van der Waals surface area contributed by atoms with Gasteiger partial charge in [-0.2, -0.15) is 0 Å². The number of anilines is 1. The first kappa shape index (κ1) is 13.1. The van der Waals surface area contributed by atoms with Crippen molar-refractivity contribution >= 4 is 5.95 Å². The molecule has 0 aliphatic carbocycles. The first-order chi connectivity index (χ1) is 8.49. The van der Waals surface area contributed by atoms with Crippen LogP contribution in [0.15, 0.2) is 10.9 Å². The molecule has 5 nitrogen and oxygen atoms in total. The molecular weight excluding hydrogens is 230 g/mol. The van der Waals surface area contributed by atoms with Gasteiger partial charge in [-0.3, -0.25) is 9.36 Å². The second-order valence-electron chi connectivity index (χ2n) is 5.16. The summed E-state index contributed by atoms with van der Waals surface area (Å²) in [6.07, 6.45) is 0.179. The van der Waals surface area contributed by atoms with E-state index >= 15 is 0 Å². The van der Waals surface area contributed by atoms with E-state index in [4.69, 9.17) is 4.74 Å². The van der Waals surface area contributed by atoms with Crippen LogP contribution in [0.2, 0.25) is 0 Å². The van der Waals surface area contributed by atoms with Gasteiger partial charge in [0.25, 0.3) is 5.56 Å². The topological polar surface area (TPSA) is 47.4 Å². The minimum Gasteiger partial charge on any atom is -0.375 e. The summed E-state index contributed by atoms with van der Waals surface area (Å²) in [5.74, 6) is 1.01. The number of ether oxygens (including phenoxy) is 1. The molecule has 1 aromatic heterocycles. The van der Waals surface area contributed by atoms with Gasteiger partial charge in [-0.15, -0.1) is 0 Å². The molecule has 1 unspecified atom stereocenters. The van der Waals surface area contributed by atoms with E-state index in [9.17, 15) is 4.79 Å². The summed E-state index contributed by atoms with van der Waals surface area (Å²) in [4.78, 5) is 18.7. The molecule has 0 radical (unpaired) electrons. The van der Waals surface area contributed by atoms with Crippen molar-refractivity contribution in [1.82, 2.24) is 9.55 Å². The summed E-state index contributed by atoms with van der Waals surface area (Å²) in [5, 5.41) is 0. The lowest BCUT2D eigenvalue weighted by Crippen LogP contribution is -2.44. The van der Waals surface area contributed by atoms with Crippen LogP contribution >= 0.6 is 0 Å². The Morgan fingerprint density at radius 2 is 2.22 bits per heavy atom. The van der Waals surface area contributed by atoms with Crippen LogP contribution in [-0.2, 0) is 11.8 Å². The van der Waals surface area contributed by atoms with E-state index in [0.717, 1.165) is 24.7 Å². The van der Waals surface area contributed by atoms with Crippen molar-refractivity contribution in [1.29, 1.82) is 0 Å². The molecule has 0 amide bonds. The van der Waals surface area contributed by atoms with Crippen LogP contribution in [0.25, 0.3) is 0 Å². The molecule has 2 rings (SSSR count). The Kier molecular flexibility index (Phi) is 3.71. The maximum Gasteiger partial charge on any atom is 0.254 e. The van der Waals surface area contributed by atoms with Gasteiger partial charge in [-0.25, -0.2) is 4.98 Å². The standard InChI is InChI=1S/C13H21N3O2/c1-9(2)11-7-12(17)15(4)13(14-11)16-5-6-18-10(3)8-16/h7,9-10H,5-6,8H2,1-4H3. The fraction of sp³-hybridized carbons (Fsp3) is 0.692. The highest BCUT2D eigenvalue weighted by Crippen LogP contribution is 2.17. The highest BCUT2D eigenvalue weighted by molar-refractivity contribution is 5.33. The molecule has 5 heteroatoms. The molecule has 18 heavy (non-hydrogen) atoms. The average molecular weight is 251 g/mol. The predicted molar refractivity (Wildman–Crippen MR) is 71.2 cm³/mol. The number of aromatic nitrogens is 2. The molecule has 2 heterocycles. The first-order valence-electron chi connectivity index (χ1n) is 6.43. The minimum atomic E-state index is 0.00263. The largest absolute Gasteiger partial charge is 0.375 e. The predicted octanol–water partition coefficient (Wildman–Crippen LogP) is 1.13. The fourth-order valence-electron chi connectivity index (χ4n) is 2.12. The smallest absolute Gasteiger partial charge is 0.254 e. The maximum absolute atomic E-state index is 12.0. The molecule has 0 saturated carbocycles. The zero-order chi connectivity index (χ0) is 13.3. The van der Waals surface area contributed by atoms with E-state index in [0.29, 0.717) is 6.61 Å². The number of morpholine rings is 1. The third kappa shape index (κ3) is 2.56. The van der Waals surface area contributed by atoms with Gasteiger partial charge < -0.3 is 9.64 Å². The van der Waals surface area contributed by atoms with Crippen LogP contribution in [0.3, 0.4) is 0 Å². The van der Waals surface area contributed by atoms with Crippen LogP contribution in [-0.4, -0.2) is 35.4 Å². The zero-order valence-corrected chi connectivity index (χ0v) is 11.5. The Balaban J connectivity index is 2.39. The summed E-state index contributed by atoms with van der Waals surface area (Å²) in [5.41, 5.74) is 0.857. The van der Waals surface area contributed by atoms with E-state index in [-0.39, 0.29) is 17.6 Å². The van der Waals surface area contributed by atoms with E-state index in [1.807, 2.05) is 20.8 Å². The van der Waals surface area contributed by atoms with Crippen LogP contribution in [0.4, 0.5) is 5.95 Å². The van der Waals surface area contributed by atoms with Crippen molar-refractivity contribution in [2.45, 2.75) is 32.8 Å². The van der Waals surface area contributed by atoms with Gasteiger partial charge in [0.1, 0.15) is 0 Å². The summed E-state index contributed by atoms with van der Waals surface area (Å²) >= 11 is 0. The molecular formula is C13H21N3O2. The second-order valence-corrected chi connectivity index (χ2v) is 5.16. The highest BCUT2D eigenvalue weighted by atomic mass is 16.5. The van der Waals surface area contributed by atoms with Crippen molar-refractivity contribution in [2.75, 3.05) is 24.6 Å². The van der Waals surface area contributed by atoms with Gasteiger partial charge >= 0.3 is 0 Å². The van der Waals surface area contributed by atoms with E-state index in [1.165, 1.54) is 0 Å². The van der Waals surface area contributed by atoms with Crippen molar-refractivity contribution in [3.05, 3.63) is 22.1 Å². The van der Waals surface area contributed by atoms with E-state index in [1.54, 1.807) is 17.7 Å². The Bertz CT molecular complexity index is 482. The van der Waals surface area contributed by atoms with Crippen LogP contribution in [0.1, 0.15) is 32.4 Å². The van der Waals surface area contributed by atoms with E-state index in [2.05, 4.69) is 9.88 Å². The van der Waals surface area contributed by atoms with Crippen LogP contribution in [0.5, 0.6) is 0 Å². The number of hydrogen-bond acceptors (Lipinski definition) is 4. The molecule has 1 saturated heterocycles. The molecule has 100 valence electrons. The molecule has 0 bridgehead atoms. The molecule has 0 aromatic carbocycles. The summed E-state index contributed by atoms with van der Waals surface area (Å²) in [6, 6.07) is 1.62. The summed E-state index contributed by atoms with van der Waals surface area (Å²) < 4.78 is 7.14. The first-order valence-corrected chi connectivity index (χ1v) is 6.43. The van der Waals surface area contributed by atoms with Crippen LogP contribution in [0, 0.1) is 0 Å². The molecule has 0 spiro atoms. The lowest BCUT2D eigenvalue weighted by Gasteiger charge is -2.33. The van der Waals surface area contributed by atoms with Crippen molar-refractivity contribution in [3.63, 3.8) is 0 Å². The number of hydrogen-bond donors (Lipinski definition) is 0. The Morgan fingerprint density at radius 3 is 2.83 bits per heavy atom. The van der Waals surface area contributed by atoms with Gasteiger partial charge in [0.15, 0.2) is 0 Å². The summed E-state index contributed by atoms with van der Waals surface area (Å²) in [7, 11) is 1.77. The van der Waals surface area contributed by atoms with Crippen molar-refractivity contribution in [2.24, 2.45) is 7.05 Å². The van der Waals surface area contributed by atoms with Crippen molar-refractivity contribution in [3.8, 4) is 0 Å². The lowest BCUT2D eigenvalue weighted by atomic mass is 10.1. The van der Waals surface area contributed by atoms with Gasteiger partial charge in [0.2, 0.25) is 5.95 Å². The summed E-state index contributed by atoms with van der Waals surface area (Å²) in [6.45, 7) is 8.38. The second kappa shape index (κ2) is 5.10. The quantitative estimate of drug-likeness (QED) is 0.790. The minimum absolute atomic E-state index is 0.00263. The van der Waals surface area contributed by atoms with Crippen LogP contribution < -0.4 is 10.5 Å². The molecule has 1 atom stereocenters. The zero-order valence-electron chi connectivity index (χ0n) is 11.5. The number of nitrogens with zero attached hydrogens (tertiary/aromatic N) is 3. The molecule has 0 N–H and O–H groups in total. The molecule has 1 aromatic rings. The number of rotatable bonds is 2. The maximum atomic E-state index is 12.0. The van der Waals surface area contributed by atoms with Gasteiger partial charge in [-0.1, -0.05) is 13.8 Å². The van der Waals surface area contributed by atoms with Gasteiger partial charge in [0, 0.05) is 26.2 Å². The lowest BCUT2D eigenvalue weighted by molar-refractivity contribution is 0.0523.